The van der Waals surface area contributed by atoms with E-state index in [4.69, 9.17) is 17.3 Å². The first-order chi connectivity index (χ1) is 8.08. The number of benzene rings is 2. The molecule has 2 nitrogen and oxygen atoms in total. The second kappa shape index (κ2) is 4.98. The number of aryl methyl sites for hydroxylation is 1. The number of rotatable bonds is 2. The standard InChI is InChI=1S/C13H12BrClN2/c1-8-5-6-11(10(16)7-8)17-12-4-2-3-9(15)13(12)14/h2-7,17H,16H2,1H3. The average molecular weight is 312 g/mol. The van der Waals surface area contributed by atoms with E-state index >= 15 is 0 Å². The molecule has 4 heteroatoms. The Morgan fingerprint density at radius 2 is 1.94 bits per heavy atom. The lowest BCUT2D eigenvalue weighted by atomic mass is 10.2. The van der Waals surface area contributed by atoms with Gasteiger partial charge in [-0.2, -0.15) is 0 Å². The van der Waals surface area contributed by atoms with Crippen LogP contribution in [0.1, 0.15) is 5.56 Å². The minimum atomic E-state index is 0.667. The first-order valence-corrected chi connectivity index (χ1v) is 6.32. The molecule has 0 fully saturated rings. The monoisotopic (exact) mass is 310 g/mol. The van der Waals surface area contributed by atoms with Crippen LogP contribution in [0, 0.1) is 6.92 Å². The van der Waals surface area contributed by atoms with Crippen molar-refractivity contribution in [2.24, 2.45) is 0 Å². The number of hydrogen-bond donors (Lipinski definition) is 2. The lowest BCUT2D eigenvalue weighted by Crippen LogP contribution is -1.97. The minimum absolute atomic E-state index is 0.667. The first kappa shape index (κ1) is 12.3. The van der Waals surface area contributed by atoms with Crippen LogP contribution < -0.4 is 11.1 Å². The Morgan fingerprint density at radius 1 is 1.18 bits per heavy atom. The van der Waals surface area contributed by atoms with Gasteiger partial charge in [0.15, 0.2) is 0 Å². The van der Waals surface area contributed by atoms with Gasteiger partial charge >= 0.3 is 0 Å². The van der Waals surface area contributed by atoms with Crippen molar-refractivity contribution in [2.75, 3.05) is 11.1 Å². The number of nitrogens with two attached hydrogens (primary N) is 1. The topological polar surface area (TPSA) is 38.0 Å². The van der Waals surface area contributed by atoms with Crippen LogP contribution in [0.25, 0.3) is 0 Å². The second-order valence-electron chi connectivity index (χ2n) is 3.82. The minimum Gasteiger partial charge on any atom is -0.397 e. The molecule has 88 valence electrons. The van der Waals surface area contributed by atoms with Crippen molar-refractivity contribution in [1.82, 2.24) is 0 Å². The largest absolute Gasteiger partial charge is 0.397 e. The maximum atomic E-state index is 6.03. The summed E-state index contributed by atoms with van der Waals surface area (Å²) in [7, 11) is 0. The van der Waals surface area contributed by atoms with Crippen molar-refractivity contribution in [3.05, 3.63) is 51.5 Å². The van der Waals surface area contributed by atoms with E-state index in [0.29, 0.717) is 5.02 Å². The van der Waals surface area contributed by atoms with E-state index in [1.165, 1.54) is 0 Å². The molecule has 2 aromatic carbocycles. The van der Waals surface area contributed by atoms with Gasteiger partial charge in [0, 0.05) is 0 Å². The van der Waals surface area contributed by atoms with Crippen LogP contribution in [0.5, 0.6) is 0 Å². The summed E-state index contributed by atoms with van der Waals surface area (Å²) >= 11 is 9.47. The third kappa shape index (κ3) is 2.73. The van der Waals surface area contributed by atoms with Gasteiger partial charge in [-0.3, -0.25) is 0 Å². The van der Waals surface area contributed by atoms with E-state index in [2.05, 4.69) is 21.2 Å². The zero-order valence-corrected chi connectivity index (χ0v) is 11.6. The number of hydrogen-bond acceptors (Lipinski definition) is 2. The quantitative estimate of drug-likeness (QED) is 0.786. The van der Waals surface area contributed by atoms with Crippen LogP contribution in [0.3, 0.4) is 0 Å². The fourth-order valence-corrected chi connectivity index (χ4v) is 2.08. The van der Waals surface area contributed by atoms with Crippen molar-refractivity contribution < 1.29 is 0 Å². The van der Waals surface area contributed by atoms with Crippen LogP contribution in [0.2, 0.25) is 5.02 Å². The van der Waals surface area contributed by atoms with Crippen LogP contribution >= 0.6 is 27.5 Å². The Hall–Kier alpha value is -1.19. The molecule has 2 aromatic rings. The van der Waals surface area contributed by atoms with Gasteiger partial charge in [-0.1, -0.05) is 23.7 Å². The molecular weight excluding hydrogens is 300 g/mol. The predicted molar refractivity (Wildman–Crippen MR) is 78.0 cm³/mol. The molecule has 0 aliphatic rings. The zero-order valence-electron chi connectivity index (χ0n) is 9.30. The molecule has 0 saturated heterocycles. The normalized spacial score (nSPS) is 10.3. The van der Waals surface area contributed by atoms with E-state index < -0.39 is 0 Å². The van der Waals surface area contributed by atoms with Gasteiger partial charge in [-0.15, -0.1) is 0 Å². The van der Waals surface area contributed by atoms with Crippen molar-refractivity contribution in [3.8, 4) is 0 Å². The van der Waals surface area contributed by atoms with Gasteiger partial charge in [0.1, 0.15) is 0 Å². The molecule has 0 saturated carbocycles. The lowest BCUT2D eigenvalue weighted by Gasteiger charge is -2.12. The van der Waals surface area contributed by atoms with Gasteiger partial charge in [0.25, 0.3) is 0 Å². The molecule has 0 unspecified atom stereocenters. The maximum Gasteiger partial charge on any atom is 0.0618 e. The third-order valence-corrected chi connectivity index (χ3v) is 3.83. The zero-order chi connectivity index (χ0) is 12.4. The van der Waals surface area contributed by atoms with Gasteiger partial charge in [0.2, 0.25) is 0 Å². The fourth-order valence-electron chi connectivity index (χ4n) is 1.54. The number of halogens is 2. The average Bonchev–Trinajstić information content (AvgIpc) is 2.28. The molecule has 0 aromatic heterocycles. The second-order valence-corrected chi connectivity index (χ2v) is 5.02. The van der Waals surface area contributed by atoms with Crippen molar-refractivity contribution in [2.45, 2.75) is 6.92 Å². The van der Waals surface area contributed by atoms with Crippen molar-refractivity contribution >= 4 is 44.6 Å². The van der Waals surface area contributed by atoms with Gasteiger partial charge < -0.3 is 11.1 Å². The van der Waals surface area contributed by atoms with E-state index in [-0.39, 0.29) is 0 Å². The third-order valence-electron chi connectivity index (χ3n) is 2.43. The molecule has 0 heterocycles. The Morgan fingerprint density at radius 3 is 2.65 bits per heavy atom. The summed E-state index contributed by atoms with van der Waals surface area (Å²) < 4.78 is 0.835. The highest BCUT2D eigenvalue weighted by Gasteiger charge is 2.05. The molecule has 0 aliphatic carbocycles. The molecule has 0 amide bonds. The van der Waals surface area contributed by atoms with E-state index in [1.807, 2.05) is 43.3 Å². The Labute approximate surface area is 114 Å². The molecule has 3 N–H and O–H groups in total. The fraction of sp³-hybridized carbons (Fsp3) is 0.0769. The first-order valence-electron chi connectivity index (χ1n) is 5.15. The summed E-state index contributed by atoms with van der Waals surface area (Å²) in [5.74, 6) is 0. The molecule has 0 spiro atoms. The SMILES string of the molecule is Cc1ccc(Nc2cccc(Cl)c2Br)c(N)c1. The number of nitrogen functional groups attached to an aromatic ring is 1. The van der Waals surface area contributed by atoms with Crippen LogP contribution in [0.4, 0.5) is 17.1 Å². The highest BCUT2D eigenvalue weighted by Crippen LogP contribution is 2.33. The molecular formula is C13H12BrClN2. The van der Waals surface area contributed by atoms with Gasteiger partial charge in [-0.25, -0.2) is 0 Å². The van der Waals surface area contributed by atoms with E-state index in [9.17, 15) is 0 Å². The van der Waals surface area contributed by atoms with Crippen LogP contribution in [-0.4, -0.2) is 0 Å². The molecule has 17 heavy (non-hydrogen) atoms. The number of nitrogens with one attached hydrogen (secondary N) is 1. The maximum absolute atomic E-state index is 6.03. The summed E-state index contributed by atoms with van der Waals surface area (Å²) in [6, 6.07) is 11.6. The summed E-state index contributed by atoms with van der Waals surface area (Å²) in [4.78, 5) is 0. The smallest absolute Gasteiger partial charge is 0.0618 e. The molecule has 0 radical (unpaired) electrons. The van der Waals surface area contributed by atoms with Gasteiger partial charge in [0.05, 0.1) is 26.6 Å². The van der Waals surface area contributed by atoms with Crippen LogP contribution in [-0.2, 0) is 0 Å². The highest BCUT2D eigenvalue weighted by atomic mass is 79.9. The summed E-state index contributed by atoms with van der Waals surface area (Å²) in [6.45, 7) is 2.01. The van der Waals surface area contributed by atoms with Crippen molar-refractivity contribution in [3.63, 3.8) is 0 Å². The predicted octanol–water partition coefficient (Wildman–Crippen LogP) is 4.74. The highest BCUT2D eigenvalue weighted by molar-refractivity contribution is 9.10. The summed E-state index contributed by atoms with van der Waals surface area (Å²) in [5, 5.41) is 3.92. The number of anilines is 3. The molecule has 2 rings (SSSR count). The van der Waals surface area contributed by atoms with E-state index in [1.54, 1.807) is 0 Å². The molecule has 0 bridgehead atoms. The summed E-state index contributed by atoms with van der Waals surface area (Å²) in [5.41, 5.74) is 9.57. The Bertz CT molecular complexity index is 555. The van der Waals surface area contributed by atoms with Crippen molar-refractivity contribution in [1.29, 1.82) is 0 Å². The van der Waals surface area contributed by atoms with E-state index in [0.717, 1.165) is 27.1 Å². The Balaban J connectivity index is 2.35. The lowest BCUT2D eigenvalue weighted by molar-refractivity contribution is 1.45. The molecule has 0 aliphatic heterocycles. The van der Waals surface area contributed by atoms with Gasteiger partial charge in [-0.05, 0) is 52.7 Å². The summed E-state index contributed by atoms with van der Waals surface area (Å²) in [6.07, 6.45) is 0. The Kier molecular flexibility index (Phi) is 3.60. The van der Waals surface area contributed by atoms with Crippen LogP contribution in [0.15, 0.2) is 40.9 Å². The molecule has 0 atom stereocenters.